The predicted molar refractivity (Wildman–Crippen MR) is 86.4 cm³/mol. The van der Waals surface area contributed by atoms with Crippen molar-refractivity contribution in [3.8, 4) is 11.5 Å². The first-order valence-electron chi connectivity index (χ1n) is 6.69. The lowest BCUT2D eigenvalue weighted by Gasteiger charge is -2.23. The lowest BCUT2D eigenvalue weighted by Crippen LogP contribution is -2.16. The first-order chi connectivity index (χ1) is 10.1. The molecule has 4 heteroatoms. The number of aryl methyl sites for hydroxylation is 2. The molecular formula is C17H20N2O2. The fourth-order valence-electron chi connectivity index (χ4n) is 2.32. The zero-order chi connectivity index (χ0) is 15.4. The summed E-state index contributed by atoms with van der Waals surface area (Å²) in [5, 5.41) is 7.76. The van der Waals surface area contributed by atoms with Crippen LogP contribution in [-0.4, -0.2) is 20.6 Å². The van der Waals surface area contributed by atoms with Gasteiger partial charge >= 0.3 is 0 Å². The lowest BCUT2D eigenvalue weighted by molar-refractivity contribution is 0.414. The largest absolute Gasteiger partial charge is 0.497 e. The van der Waals surface area contributed by atoms with E-state index in [1.807, 2.05) is 55.1 Å². The Morgan fingerprint density at radius 3 is 1.57 bits per heavy atom. The van der Waals surface area contributed by atoms with Crippen molar-refractivity contribution in [2.75, 3.05) is 19.1 Å². The maximum atomic E-state index is 7.76. The highest BCUT2D eigenvalue weighted by atomic mass is 16.5. The number of anilines is 2. The van der Waals surface area contributed by atoms with Crippen molar-refractivity contribution >= 4 is 17.7 Å². The van der Waals surface area contributed by atoms with Crippen molar-refractivity contribution in [2.24, 2.45) is 0 Å². The number of ether oxygens (including phenoxy) is 2. The summed E-state index contributed by atoms with van der Waals surface area (Å²) in [5.74, 6) is 1.63. The van der Waals surface area contributed by atoms with E-state index in [-0.39, 0.29) is 0 Å². The third-order valence-corrected chi connectivity index (χ3v) is 3.46. The molecule has 0 amide bonds. The molecule has 2 aromatic rings. The van der Waals surface area contributed by atoms with Gasteiger partial charge in [-0.2, -0.15) is 0 Å². The summed E-state index contributed by atoms with van der Waals surface area (Å²) in [5.41, 5.74) is 4.01. The van der Waals surface area contributed by atoms with Crippen LogP contribution in [0.2, 0.25) is 0 Å². The molecule has 21 heavy (non-hydrogen) atoms. The molecule has 0 spiro atoms. The molecule has 0 bridgehead atoms. The Morgan fingerprint density at radius 1 is 0.857 bits per heavy atom. The minimum atomic E-state index is 0.813. The Bertz CT molecular complexity index is 600. The predicted octanol–water partition coefficient (Wildman–Crippen LogP) is 4.07. The van der Waals surface area contributed by atoms with Crippen molar-refractivity contribution in [2.45, 2.75) is 13.8 Å². The molecule has 110 valence electrons. The van der Waals surface area contributed by atoms with Gasteiger partial charge in [-0.15, -0.1) is 0 Å². The van der Waals surface area contributed by atoms with Crippen molar-refractivity contribution in [3.05, 3.63) is 47.5 Å². The van der Waals surface area contributed by atoms with Gasteiger partial charge < -0.3 is 14.4 Å². The number of methoxy groups -OCH3 is 2. The second kappa shape index (κ2) is 6.31. The Labute approximate surface area is 125 Å². The van der Waals surface area contributed by atoms with Crippen molar-refractivity contribution in [1.82, 2.24) is 0 Å². The van der Waals surface area contributed by atoms with Crippen LogP contribution in [0.25, 0.3) is 0 Å². The minimum absolute atomic E-state index is 0.813. The van der Waals surface area contributed by atoms with E-state index >= 15 is 0 Å². The Morgan fingerprint density at radius 2 is 1.29 bits per heavy atom. The van der Waals surface area contributed by atoms with Crippen molar-refractivity contribution in [1.29, 1.82) is 5.41 Å². The van der Waals surface area contributed by atoms with Crippen LogP contribution in [0.3, 0.4) is 0 Å². The van der Waals surface area contributed by atoms with Gasteiger partial charge in [-0.25, -0.2) is 0 Å². The van der Waals surface area contributed by atoms with Crippen LogP contribution in [0.4, 0.5) is 11.4 Å². The molecule has 0 saturated heterocycles. The van der Waals surface area contributed by atoms with Crippen LogP contribution in [0.1, 0.15) is 11.1 Å². The topological polar surface area (TPSA) is 45.5 Å². The average molecular weight is 284 g/mol. The Balaban J connectivity index is 2.47. The van der Waals surface area contributed by atoms with Gasteiger partial charge in [0.1, 0.15) is 11.5 Å². The van der Waals surface area contributed by atoms with E-state index in [0.717, 1.165) is 34.0 Å². The molecule has 0 unspecified atom stereocenters. The fraction of sp³-hybridized carbons (Fsp3) is 0.235. The first kappa shape index (κ1) is 14.9. The first-order valence-corrected chi connectivity index (χ1v) is 6.69. The summed E-state index contributed by atoms with van der Waals surface area (Å²) in [6.07, 6.45) is 1.32. The van der Waals surface area contributed by atoms with E-state index in [0.29, 0.717) is 0 Å². The number of benzene rings is 2. The SMILES string of the molecule is COc1ccc(N(C=N)c2ccc(OC)cc2C)c(C)c1. The van der Waals surface area contributed by atoms with Gasteiger partial charge in [-0.05, 0) is 61.4 Å². The zero-order valence-electron chi connectivity index (χ0n) is 12.8. The van der Waals surface area contributed by atoms with E-state index in [1.54, 1.807) is 14.2 Å². The van der Waals surface area contributed by atoms with Crippen LogP contribution in [0, 0.1) is 19.3 Å². The molecule has 0 aliphatic heterocycles. The highest BCUT2D eigenvalue weighted by Gasteiger charge is 2.13. The fourth-order valence-corrected chi connectivity index (χ4v) is 2.32. The monoisotopic (exact) mass is 284 g/mol. The average Bonchev–Trinajstić information content (AvgIpc) is 2.50. The van der Waals surface area contributed by atoms with E-state index in [2.05, 4.69) is 0 Å². The molecule has 0 aliphatic carbocycles. The molecule has 0 saturated carbocycles. The van der Waals surface area contributed by atoms with E-state index < -0.39 is 0 Å². The highest BCUT2D eigenvalue weighted by Crippen LogP contribution is 2.33. The van der Waals surface area contributed by atoms with Gasteiger partial charge in [0, 0.05) is 0 Å². The van der Waals surface area contributed by atoms with Gasteiger partial charge in [0.05, 0.1) is 31.9 Å². The Kier molecular flexibility index (Phi) is 4.48. The van der Waals surface area contributed by atoms with Gasteiger partial charge in [0.25, 0.3) is 0 Å². The molecule has 4 nitrogen and oxygen atoms in total. The van der Waals surface area contributed by atoms with Gasteiger partial charge in [0.15, 0.2) is 0 Å². The maximum absolute atomic E-state index is 7.76. The molecule has 0 radical (unpaired) electrons. The van der Waals surface area contributed by atoms with Gasteiger partial charge in [0.2, 0.25) is 0 Å². The summed E-state index contributed by atoms with van der Waals surface area (Å²) in [7, 11) is 3.30. The summed E-state index contributed by atoms with van der Waals surface area (Å²) < 4.78 is 10.5. The molecule has 0 heterocycles. The molecule has 2 rings (SSSR count). The number of hydrogen-bond donors (Lipinski definition) is 1. The van der Waals surface area contributed by atoms with Crippen LogP contribution < -0.4 is 14.4 Å². The van der Waals surface area contributed by atoms with E-state index in [9.17, 15) is 0 Å². The molecule has 0 aliphatic rings. The van der Waals surface area contributed by atoms with Crippen molar-refractivity contribution < 1.29 is 9.47 Å². The van der Waals surface area contributed by atoms with Gasteiger partial charge in [-0.3, -0.25) is 5.41 Å². The number of nitrogens with zero attached hydrogens (tertiary/aromatic N) is 1. The second-order valence-corrected chi connectivity index (χ2v) is 4.80. The third-order valence-electron chi connectivity index (χ3n) is 3.46. The number of rotatable bonds is 5. The lowest BCUT2D eigenvalue weighted by atomic mass is 10.1. The number of hydrogen-bond acceptors (Lipinski definition) is 3. The third kappa shape index (κ3) is 2.99. The molecule has 1 N–H and O–H groups in total. The highest BCUT2D eigenvalue weighted by molar-refractivity contribution is 5.90. The van der Waals surface area contributed by atoms with E-state index in [1.165, 1.54) is 6.34 Å². The number of nitrogens with one attached hydrogen (secondary N) is 1. The molecule has 0 fully saturated rings. The van der Waals surface area contributed by atoms with E-state index in [4.69, 9.17) is 14.9 Å². The van der Waals surface area contributed by atoms with Crippen LogP contribution >= 0.6 is 0 Å². The van der Waals surface area contributed by atoms with Crippen molar-refractivity contribution in [3.63, 3.8) is 0 Å². The summed E-state index contributed by atoms with van der Waals surface area (Å²) >= 11 is 0. The molecular weight excluding hydrogens is 264 g/mol. The molecule has 2 aromatic carbocycles. The quantitative estimate of drug-likeness (QED) is 0.665. The Hall–Kier alpha value is -2.49. The normalized spacial score (nSPS) is 10.1. The standard InChI is InChI=1S/C17H20N2O2/c1-12-9-14(20-3)5-7-16(12)19(11-18)17-8-6-15(21-4)10-13(17)2/h5-11,18H,1-4H3. The smallest absolute Gasteiger partial charge is 0.119 e. The summed E-state index contributed by atoms with van der Waals surface area (Å²) in [6, 6.07) is 11.6. The summed E-state index contributed by atoms with van der Waals surface area (Å²) in [4.78, 5) is 1.85. The summed E-state index contributed by atoms with van der Waals surface area (Å²) in [6.45, 7) is 4.01. The minimum Gasteiger partial charge on any atom is -0.497 e. The zero-order valence-corrected chi connectivity index (χ0v) is 12.8. The second-order valence-electron chi connectivity index (χ2n) is 4.80. The van der Waals surface area contributed by atoms with Crippen LogP contribution in [-0.2, 0) is 0 Å². The van der Waals surface area contributed by atoms with Gasteiger partial charge in [-0.1, -0.05) is 0 Å². The maximum Gasteiger partial charge on any atom is 0.119 e. The van der Waals surface area contributed by atoms with Crippen LogP contribution in [0.15, 0.2) is 36.4 Å². The van der Waals surface area contributed by atoms with Crippen LogP contribution in [0.5, 0.6) is 11.5 Å². The molecule has 0 atom stereocenters. The molecule has 0 aromatic heterocycles.